The van der Waals surface area contributed by atoms with E-state index in [1.54, 1.807) is 10.8 Å². The lowest BCUT2D eigenvalue weighted by Gasteiger charge is -2.08. The monoisotopic (exact) mass is 326 g/mol. The van der Waals surface area contributed by atoms with Crippen molar-refractivity contribution in [2.75, 3.05) is 7.11 Å². The van der Waals surface area contributed by atoms with E-state index in [0.717, 1.165) is 5.57 Å². The van der Waals surface area contributed by atoms with E-state index in [2.05, 4.69) is 0 Å². The van der Waals surface area contributed by atoms with Crippen molar-refractivity contribution in [2.24, 2.45) is 0 Å². The summed E-state index contributed by atoms with van der Waals surface area (Å²) in [5, 5.41) is 1.95. The summed E-state index contributed by atoms with van der Waals surface area (Å²) < 4.78 is 30.6. The second kappa shape index (κ2) is 7.60. The van der Waals surface area contributed by atoms with Gasteiger partial charge in [0.15, 0.2) is 0 Å². The number of rotatable bonds is 5. The van der Waals surface area contributed by atoms with E-state index < -0.39 is 22.0 Å². The average Bonchev–Trinajstić information content (AvgIpc) is 2.44. The Morgan fingerprint density at radius 3 is 2.27 bits per heavy atom. The maximum atomic E-state index is 12.0. The summed E-state index contributed by atoms with van der Waals surface area (Å²) in [5.74, 6) is -0.107. The van der Waals surface area contributed by atoms with Gasteiger partial charge in [-0.15, -0.1) is 0 Å². The lowest BCUT2D eigenvalue weighted by atomic mass is 10.2. The fraction of sp³-hybridized carbons (Fsp3) is 0.286. The number of sulfonamides is 1. The van der Waals surface area contributed by atoms with Crippen molar-refractivity contribution in [1.82, 2.24) is 10.0 Å². The second-order valence-corrected chi connectivity index (χ2v) is 6.33. The topological polar surface area (TPSA) is 102 Å². The molecule has 1 rings (SSSR count). The molecule has 0 aliphatic heterocycles. The first-order valence-corrected chi connectivity index (χ1v) is 7.87. The Hall–Kier alpha value is -2.35. The molecular weight excluding hydrogens is 308 g/mol. The number of ether oxygens (including phenoxy) is 1. The number of allylic oxidation sites excluding steroid dienone is 1. The highest BCUT2D eigenvalue weighted by Crippen LogP contribution is 2.15. The van der Waals surface area contributed by atoms with Gasteiger partial charge in [0.05, 0.1) is 12.0 Å². The highest BCUT2D eigenvalue weighted by Gasteiger charge is 2.18. The van der Waals surface area contributed by atoms with Crippen LogP contribution in [0.1, 0.15) is 20.3 Å². The molecule has 0 fully saturated rings. The SMILES string of the molecule is COc1ccc(S(=O)(=O)NC(=O)NC(=O)CC=C(C)C)cc1. The molecule has 0 radical (unpaired) electrons. The minimum absolute atomic E-state index is 0.00165. The molecule has 120 valence electrons. The number of urea groups is 1. The van der Waals surface area contributed by atoms with Gasteiger partial charge in [-0.25, -0.2) is 17.9 Å². The summed E-state index contributed by atoms with van der Waals surface area (Å²) in [4.78, 5) is 22.9. The Morgan fingerprint density at radius 2 is 1.77 bits per heavy atom. The number of hydrogen-bond donors (Lipinski definition) is 2. The van der Waals surface area contributed by atoms with Crippen molar-refractivity contribution in [1.29, 1.82) is 0 Å². The van der Waals surface area contributed by atoms with Gasteiger partial charge in [0.25, 0.3) is 10.0 Å². The molecular formula is C14H18N2O5S. The molecule has 0 bridgehead atoms. The lowest BCUT2D eigenvalue weighted by Crippen LogP contribution is -2.42. The van der Waals surface area contributed by atoms with E-state index in [1.807, 2.05) is 19.2 Å². The van der Waals surface area contributed by atoms with Gasteiger partial charge in [-0.2, -0.15) is 0 Å². The summed E-state index contributed by atoms with van der Waals surface area (Å²) in [6.45, 7) is 3.61. The summed E-state index contributed by atoms with van der Waals surface area (Å²) in [6.07, 6.45) is 1.62. The maximum absolute atomic E-state index is 12.0. The zero-order chi connectivity index (χ0) is 16.8. The first-order valence-electron chi connectivity index (χ1n) is 6.38. The van der Waals surface area contributed by atoms with Gasteiger partial charge in [-0.1, -0.05) is 11.6 Å². The van der Waals surface area contributed by atoms with E-state index in [-0.39, 0.29) is 11.3 Å². The van der Waals surface area contributed by atoms with Gasteiger partial charge in [-0.05, 0) is 38.1 Å². The van der Waals surface area contributed by atoms with Gasteiger partial charge in [0.2, 0.25) is 5.91 Å². The standard InChI is InChI=1S/C14H18N2O5S/c1-10(2)4-9-13(17)15-14(18)16-22(19,20)12-7-5-11(21-3)6-8-12/h4-8H,9H2,1-3H3,(H2,15,16,17,18). The number of methoxy groups -OCH3 is 1. The molecule has 0 saturated heterocycles. The van der Waals surface area contributed by atoms with Gasteiger partial charge in [0, 0.05) is 6.42 Å². The van der Waals surface area contributed by atoms with Crippen molar-refractivity contribution >= 4 is 22.0 Å². The molecule has 1 aromatic carbocycles. The van der Waals surface area contributed by atoms with Crippen LogP contribution in [0, 0.1) is 0 Å². The van der Waals surface area contributed by atoms with Crippen LogP contribution in [0.25, 0.3) is 0 Å². The van der Waals surface area contributed by atoms with Crippen LogP contribution in [-0.4, -0.2) is 27.5 Å². The Labute approximate surface area is 129 Å². The number of benzene rings is 1. The summed E-state index contributed by atoms with van der Waals surface area (Å²) >= 11 is 0. The van der Waals surface area contributed by atoms with Gasteiger partial charge in [0.1, 0.15) is 5.75 Å². The number of nitrogens with one attached hydrogen (secondary N) is 2. The molecule has 0 heterocycles. The van der Waals surface area contributed by atoms with E-state index in [1.165, 1.54) is 31.4 Å². The van der Waals surface area contributed by atoms with Gasteiger partial charge in [-0.3, -0.25) is 10.1 Å². The molecule has 22 heavy (non-hydrogen) atoms. The highest BCUT2D eigenvalue weighted by molar-refractivity contribution is 7.90. The zero-order valence-corrected chi connectivity index (χ0v) is 13.4. The van der Waals surface area contributed by atoms with Crippen molar-refractivity contribution in [3.05, 3.63) is 35.9 Å². The van der Waals surface area contributed by atoms with Crippen molar-refractivity contribution in [3.8, 4) is 5.75 Å². The molecule has 0 atom stereocenters. The van der Waals surface area contributed by atoms with Crippen LogP contribution in [0.3, 0.4) is 0 Å². The average molecular weight is 326 g/mol. The summed E-state index contributed by atoms with van der Waals surface area (Å²) in [5.41, 5.74) is 0.918. The third kappa shape index (κ3) is 5.57. The van der Waals surface area contributed by atoms with Crippen LogP contribution in [0.15, 0.2) is 40.8 Å². The van der Waals surface area contributed by atoms with Crippen LogP contribution < -0.4 is 14.8 Å². The molecule has 0 unspecified atom stereocenters. The number of hydrogen-bond acceptors (Lipinski definition) is 5. The Bertz CT molecular complexity index is 674. The van der Waals surface area contributed by atoms with E-state index >= 15 is 0 Å². The molecule has 2 N–H and O–H groups in total. The number of imide groups is 1. The molecule has 0 saturated carbocycles. The van der Waals surface area contributed by atoms with E-state index in [0.29, 0.717) is 5.75 Å². The molecule has 8 heteroatoms. The maximum Gasteiger partial charge on any atom is 0.335 e. The van der Waals surface area contributed by atoms with Crippen LogP contribution in [0.4, 0.5) is 4.79 Å². The highest BCUT2D eigenvalue weighted by atomic mass is 32.2. The first-order chi connectivity index (χ1) is 10.2. The largest absolute Gasteiger partial charge is 0.497 e. The Balaban J connectivity index is 2.69. The van der Waals surface area contributed by atoms with Gasteiger partial charge < -0.3 is 4.74 Å². The molecule has 0 aliphatic carbocycles. The summed E-state index contributed by atoms with van der Waals surface area (Å²) in [6, 6.07) is 4.39. The van der Waals surface area contributed by atoms with Crippen LogP contribution >= 0.6 is 0 Å². The minimum Gasteiger partial charge on any atom is -0.497 e. The normalized spacial score (nSPS) is 10.5. The number of carbonyl (C=O) groups excluding carboxylic acids is 2. The number of amides is 3. The third-order valence-electron chi connectivity index (χ3n) is 2.55. The van der Waals surface area contributed by atoms with Crippen molar-refractivity contribution in [2.45, 2.75) is 25.2 Å². The summed E-state index contributed by atoms with van der Waals surface area (Å²) in [7, 11) is -2.59. The van der Waals surface area contributed by atoms with Gasteiger partial charge >= 0.3 is 6.03 Å². The molecule has 0 spiro atoms. The third-order valence-corrected chi connectivity index (χ3v) is 3.89. The number of carbonyl (C=O) groups is 2. The molecule has 1 aromatic rings. The van der Waals surface area contributed by atoms with Crippen molar-refractivity contribution < 1.29 is 22.7 Å². The first kappa shape index (κ1) is 17.7. The molecule has 0 aliphatic rings. The predicted octanol–water partition coefficient (Wildman–Crippen LogP) is 1.57. The fourth-order valence-electron chi connectivity index (χ4n) is 1.44. The minimum atomic E-state index is -4.05. The Kier molecular flexibility index (Phi) is 6.11. The fourth-order valence-corrected chi connectivity index (χ4v) is 2.34. The van der Waals surface area contributed by atoms with Crippen LogP contribution in [0.2, 0.25) is 0 Å². The molecule has 7 nitrogen and oxygen atoms in total. The zero-order valence-electron chi connectivity index (χ0n) is 12.5. The smallest absolute Gasteiger partial charge is 0.335 e. The second-order valence-electron chi connectivity index (χ2n) is 4.64. The lowest BCUT2D eigenvalue weighted by molar-refractivity contribution is -0.119. The van der Waals surface area contributed by atoms with Crippen LogP contribution in [-0.2, 0) is 14.8 Å². The quantitative estimate of drug-likeness (QED) is 0.800. The van der Waals surface area contributed by atoms with E-state index in [9.17, 15) is 18.0 Å². The molecule has 0 aromatic heterocycles. The van der Waals surface area contributed by atoms with E-state index in [4.69, 9.17) is 4.74 Å². The van der Waals surface area contributed by atoms with Crippen LogP contribution in [0.5, 0.6) is 5.75 Å². The van der Waals surface area contributed by atoms with Crippen molar-refractivity contribution in [3.63, 3.8) is 0 Å². The Morgan fingerprint density at radius 1 is 1.18 bits per heavy atom. The predicted molar refractivity (Wildman–Crippen MR) is 80.9 cm³/mol. The molecule has 3 amide bonds.